The second kappa shape index (κ2) is 5.89. The van der Waals surface area contributed by atoms with Gasteiger partial charge in [0.1, 0.15) is 11.8 Å². The Morgan fingerprint density at radius 2 is 2.25 bits per heavy atom. The third kappa shape index (κ3) is 2.73. The first-order chi connectivity index (χ1) is 9.60. The van der Waals surface area contributed by atoms with Crippen molar-refractivity contribution < 1.29 is 9.84 Å². The lowest BCUT2D eigenvalue weighted by Crippen LogP contribution is -2.48. The van der Waals surface area contributed by atoms with Crippen LogP contribution in [0.25, 0.3) is 0 Å². The van der Waals surface area contributed by atoms with Crippen LogP contribution < -0.4 is 10.5 Å². The number of nitrogens with two attached hydrogens (primary N) is 1. The van der Waals surface area contributed by atoms with Gasteiger partial charge >= 0.3 is 5.85 Å². The topological polar surface area (TPSA) is 110 Å². The third-order valence-corrected chi connectivity index (χ3v) is 2.80. The van der Waals surface area contributed by atoms with Crippen molar-refractivity contribution in [3.05, 3.63) is 34.7 Å². The minimum Gasteiger partial charge on any atom is -0.493 e. The predicted molar refractivity (Wildman–Crippen MR) is 76.0 cm³/mol. The van der Waals surface area contributed by atoms with Gasteiger partial charge in [0.2, 0.25) is 0 Å². The molecule has 0 spiro atoms. The number of aliphatic imine (C=N–C) groups is 2. The van der Waals surface area contributed by atoms with E-state index in [1.807, 2.05) is 13.0 Å². The zero-order valence-electron chi connectivity index (χ0n) is 11.1. The van der Waals surface area contributed by atoms with Crippen LogP contribution in [0.1, 0.15) is 18.9 Å². The summed E-state index contributed by atoms with van der Waals surface area (Å²) in [5.74, 6) is -1.48. The van der Waals surface area contributed by atoms with Gasteiger partial charge in [0, 0.05) is 6.21 Å². The Bertz CT molecular complexity index is 558. The van der Waals surface area contributed by atoms with Crippen LogP contribution >= 0.6 is 0 Å². The molecule has 0 bridgehead atoms. The molecule has 20 heavy (non-hydrogen) atoms. The first-order valence-electron chi connectivity index (χ1n) is 6.29. The highest BCUT2D eigenvalue weighted by atomic mass is 16.5. The summed E-state index contributed by atoms with van der Waals surface area (Å²) < 4.78 is 5.59. The molecule has 0 fully saturated rings. The Hall–Kier alpha value is -2.12. The summed E-state index contributed by atoms with van der Waals surface area (Å²) in [6.45, 7) is 2.54. The van der Waals surface area contributed by atoms with Crippen LogP contribution in [0.3, 0.4) is 0 Å². The summed E-state index contributed by atoms with van der Waals surface area (Å²) in [5.41, 5.74) is 6.13. The van der Waals surface area contributed by atoms with Gasteiger partial charge in [-0.25, -0.2) is 9.98 Å². The van der Waals surface area contributed by atoms with E-state index in [1.54, 1.807) is 18.2 Å². The predicted octanol–water partition coefficient (Wildman–Crippen LogP) is 1.05. The van der Waals surface area contributed by atoms with Crippen LogP contribution in [0, 0.1) is 4.91 Å². The Morgan fingerprint density at radius 1 is 1.50 bits per heavy atom. The van der Waals surface area contributed by atoms with Crippen LogP contribution in [0.5, 0.6) is 5.75 Å². The molecule has 106 valence electrons. The molecule has 0 saturated carbocycles. The quantitative estimate of drug-likeness (QED) is 0.783. The van der Waals surface area contributed by atoms with Crippen LogP contribution in [-0.4, -0.2) is 35.7 Å². The average molecular weight is 276 g/mol. The Kier molecular flexibility index (Phi) is 4.21. The first kappa shape index (κ1) is 14.3. The van der Waals surface area contributed by atoms with Crippen LogP contribution in [0.15, 0.2) is 39.4 Å². The fourth-order valence-electron chi connectivity index (χ4n) is 1.71. The van der Waals surface area contributed by atoms with Gasteiger partial charge < -0.3 is 15.6 Å². The van der Waals surface area contributed by atoms with E-state index in [2.05, 4.69) is 15.2 Å². The monoisotopic (exact) mass is 276 g/mol. The third-order valence-electron chi connectivity index (χ3n) is 2.80. The fourth-order valence-corrected chi connectivity index (χ4v) is 1.71. The number of para-hydroxylation sites is 1. The van der Waals surface area contributed by atoms with E-state index in [4.69, 9.17) is 10.5 Å². The van der Waals surface area contributed by atoms with E-state index in [9.17, 15) is 10.0 Å². The number of hydrogen-bond acceptors (Lipinski definition) is 7. The van der Waals surface area contributed by atoms with E-state index in [0.717, 1.165) is 6.42 Å². The van der Waals surface area contributed by atoms with Gasteiger partial charge in [-0.15, -0.1) is 4.91 Å². The average Bonchev–Trinajstić information content (AvgIpc) is 2.48. The standard InChI is InChI=1S/C13H16N4O3/c1-2-7-20-10-6-4-3-5-9(10)12-15-8-11(14)13(18,16-12)17-19/h3-6,8,11,18H,2,7,14H2,1H3/t11-,13-/m1/s1. The minimum atomic E-state index is -2.23. The molecule has 0 saturated heterocycles. The number of nitroso groups, excluding NO2 is 1. The highest BCUT2D eigenvalue weighted by Crippen LogP contribution is 2.24. The smallest absolute Gasteiger partial charge is 0.315 e. The molecule has 0 aliphatic carbocycles. The van der Waals surface area contributed by atoms with Crippen molar-refractivity contribution in [2.24, 2.45) is 20.9 Å². The summed E-state index contributed by atoms with van der Waals surface area (Å²) >= 11 is 0. The van der Waals surface area contributed by atoms with Crippen molar-refractivity contribution in [1.29, 1.82) is 0 Å². The van der Waals surface area contributed by atoms with Crippen LogP contribution in [0.4, 0.5) is 0 Å². The van der Waals surface area contributed by atoms with Crippen LogP contribution in [0.2, 0.25) is 0 Å². The lowest BCUT2D eigenvalue weighted by molar-refractivity contribution is 0.0502. The molecule has 0 unspecified atom stereocenters. The van der Waals surface area contributed by atoms with Crippen molar-refractivity contribution in [3.63, 3.8) is 0 Å². The lowest BCUT2D eigenvalue weighted by Gasteiger charge is -2.24. The number of amidine groups is 1. The van der Waals surface area contributed by atoms with Gasteiger partial charge in [-0.1, -0.05) is 19.1 Å². The van der Waals surface area contributed by atoms with E-state index in [0.29, 0.717) is 17.9 Å². The van der Waals surface area contributed by atoms with Crippen molar-refractivity contribution in [1.82, 2.24) is 0 Å². The van der Waals surface area contributed by atoms with E-state index in [1.165, 1.54) is 6.21 Å². The Balaban J connectivity index is 2.39. The lowest BCUT2D eigenvalue weighted by atomic mass is 10.1. The maximum atomic E-state index is 10.7. The molecular formula is C13H16N4O3. The molecule has 7 heteroatoms. The number of benzene rings is 1. The molecule has 1 aromatic rings. The second-order valence-electron chi connectivity index (χ2n) is 4.36. The highest BCUT2D eigenvalue weighted by molar-refractivity contribution is 6.07. The SMILES string of the molecule is CCCOc1ccccc1C1=N[C@@](O)(N=O)[C@H](N)C=N1. The van der Waals surface area contributed by atoms with Gasteiger partial charge in [0.05, 0.1) is 12.2 Å². The van der Waals surface area contributed by atoms with Gasteiger partial charge in [0.25, 0.3) is 0 Å². The number of ether oxygens (including phenoxy) is 1. The van der Waals surface area contributed by atoms with Crippen molar-refractivity contribution in [2.45, 2.75) is 25.2 Å². The molecule has 0 radical (unpaired) electrons. The van der Waals surface area contributed by atoms with E-state index in [-0.39, 0.29) is 5.84 Å². The summed E-state index contributed by atoms with van der Waals surface area (Å²) in [6, 6.07) is 6.05. The molecule has 2 rings (SSSR count). The summed E-state index contributed by atoms with van der Waals surface area (Å²) in [4.78, 5) is 18.6. The van der Waals surface area contributed by atoms with Gasteiger partial charge in [-0.2, -0.15) is 0 Å². The molecule has 2 atom stereocenters. The van der Waals surface area contributed by atoms with E-state index >= 15 is 0 Å². The fraction of sp³-hybridized carbons (Fsp3) is 0.385. The maximum Gasteiger partial charge on any atom is 0.315 e. The summed E-state index contributed by atoms with van der Waals surface area (Å²) in [6.07, 6.45) is 2.11. The molecule has 3 N–H and O–H groups in total. The zero-order chi connectivity index (χ0) is 14.6. The summed E-state index contributed by atoms with van der Waals surface area (Å²) in [7, 11) is 0. The number of nitrogens with zero attached hydrogens (tertiary/aromatic N) is 3. The van der Waals surface area contributed by atoms with Gasteiger partial charge in [-0.05, 0) is 23.7 Å². The second-order valence-corrected chi connectivity index (χ2v) is 4.36. The molecule has 1 aliphatic rings. The van der Waals surface area contributed by atoms with Gasteiger partial charge in [0.15, 0.2) is 5.84 Å². The first-order valence-corrected chi connectivity index (χ1v) is 6.29. The number of hydrogen-bond donors (Lipinski definition) is 2. The van der Waals surface area contributed by atoms with Crippen molar-refractivity contribution in [3.8, 4) is 5.75 Å². The molecule has 1 aromatic carbocycles. The van der Waals surface area contributed by atoms with E-state index < -0.39 is 11.9 Å². The number of rotatable bonds is 5. The minimum absolute atomic E-state index is 0.167. The Morgan fingerprint density at radius 3 is 2.95 bits per heavy atom. The number of aliphatic hydroxyl groups is 1. The van der Waals surface area contributed by atoms with Crippen LogP contribution in [-0.2, 0) is 0 Å². The molecular weight excluding hydrogens is 260 g/mol. The molecule has 0 amide bonds. The molecule has 7 nitrogen and oxygen atoms in total. The highest BCUT2D eigenvalue weighted by Gasteiger charge is 2.38. The molecule has 1 heterocycles. The molecule has 1 aliphatic heterocycles. The zero-order valence-corrected chi connectivity index (χ0v) is 11.1. The maximum absolute atomic E-state index is 10.7. The van der Waals surface area contributed by atoms with Gasteiger partial charge in [-0.3, -0.25) is 0 Å². The Labute approximate surface area is 116 Å². The normalized spacial score (nSPS) is 25.1. The molecule has 0 aromatic heterocycles. The largest absolute Gasteiger partial charge is 0.493 e. The van der Waals surface area contributed by atoms with Crippen molar-refractivity contribution in [2.75, 3.05) is 6.61 Å². The van der Waals surface area contributed by atoms with Crippen molar-refractivity contribution >= 4 is 12.1 Å². The summed E-state index contributed by atoms with van der Waals surface area (Å²) in [5, 5.41) is 12.5.